The number of nitrogens with zero attached hydrogens (tertiary/aromatic N) is 2. The van der Waals surface area contributed by atoms with Crippen LogP contribution in [0.15, 0.2) is 22.6 Å². The molecule has 1 aromatic heterocycles. The Labute approximate surface area is 111 Å². The molecular formula is C12H15ClN4O. The van der Waals surface area contributed by atoms with Crippen LogP contribution < -0.4 is 10.6 Å². The maximum atomic E-state index is 5.89. The third-order valence-corrected chi connectivity index (χ3v) is 2.66. The highest BCUT2D eigenvalue weighted by molar-refractivity contribution is 6.30. The Balaban J connectivity index is 2.06. The number of rotatable bonds is 5. The summed E-state index contributed by atoms with van der Waals surface area (Å²) >= 11 is 5.89. The zero-order valence-corrected chi connectivity index (χ0v) is 11.1. The monoisotopic (exact) mass is 266 g/mol. The van der Waals surface area contributed by atoms with Crippen molar-refractivity contribution in [2.75, 3.05) is 11.9 Å². The molecule has 0 spiro atoms. The summed E-state index contributed by atoms with van der Waals surface area (Å²) in [5.41, 5.74) is 1.92. The van der Waals surface area contributed by atoms with E-state index >= 15 is 0 Å². The van der Waals surface area contributed by atoms with Crippen molar-refractivity contribution in [1.82, 2.24) is 15.5 Å². The van der Waals surface area contributed by atoms with Crippen LogP contribution in [0.25, 0.3) is 0 Å². The van der Waals surface area contributed by atoms with Gasteiger partial charge in [-0.25, -0.2) is 0 Å². The second-order valence-corrected chi connectivity index (χ2v) is 4.30. The van der Waals surface area contributed by atoms with Crippen molar-refractivity contribution < 1.29 is 4.42 Å². The zero-order chi connectivity index (χ0) is 13.0. The second-order valence-electron chi connectivity index (χ2n) is 3.87. The molecule has 5 nitrogen and oxygen atoms in total. The van der Waals surface area contributed by atoms with Gasteiger partial charge < -0.3 is 15.1 Å². The first-order valence-corrected chi connectivity index (χ1v) is 6.13. The third kappa shape index (κ3) is 3.21. The number of aryl methyl sites for hydroxylation is 1. The van der Waals surface area contributed by atoms with Gasteiger partial charge in [-0.1, -0.05) is 23.6 Å². The van der Waals surface area contributed by atoms with Gasteiger partial charge in [0.2, 0.25) is 5.89 Å². The van der Waals surface area contributed by atoms with Gasteiger partial charge in [-0.05, 0) is 37.2 Å². The summed E-state index contributed by atoms with van der Waals surface area (Å²) in [7, 11) is 0. The molecule has 96 valence electrons. The second kappa shape index (κ2) is 5.84. The van der Waals surface area contributed by atoms with Crippen LogP contribution >= 0.6 is 11.6 Å². The summed E-state index contributed by atoms with van der Waals surface area (Å²) in [5, 5.41) is 14.8. The van der Waals surface area contributed by atoms with Crippen LogP contribution in [0, 0.1) is 6.92 Å². The molecule has 0 aliphatic rings. The van der Waals surface area contributed by atoms with Crippen molar-refractivity contribution >= 4 is 23.3 Å². The molecule has 0 bridgehead atoms. The third-order valence-electron chi connectivity index (χ3n) is 2.42. The van der Waals surface area contributed by atoms with Gasteiger partial charge in [0.25, 0.3) is 0 Å². The number of aromatic nitrogens is 2. The van der Waals surface area contributed by atoms with Crippen molar-refractivity contribution in [2.45, 2.75) is 20.4 Å². The fraction of sp³-hybridized carbons (Fsp3) is 0.333. The van der Waals surface area contributed by atoms with Crippen LogP contribution in [0.5, 0.6) is 0 Å². The molecule has 0 atom stereocenters. The van der Waals surface area contributed by atoms with Gasteiger partial charge in [-0.2, -0.15) is 0 Å². The van der Waals surface area contributed by atoms with Gasteiger partial charge in [0, 0.05) is 10.7 Å². The van der Waals surface area contributed by atoms with Gasteiger partial charge in [0.1, 0.15) is 0 Å². The summed E-state index contributed by atoms with van der Waals surface area (Å²) in [6.07, 6.45) is 0. The molecule has 1 heterocycles. The number of nitrogens with one attached hydrogen (secondary N) is 2. The van der Waals surface area contributed by atoms with Gasteiger partial charge >= 0.3 is 6.01 Å². The Morgan fingerprint density at radius 3 is 2.89 bits per heavy atom. The maximum Gasteiger partial charge on any atom is 0.320 e. The largest absolute Gasteiger partial charge is 0.406 e. The van der Waals surface area contributed by atoms with Gasteiger partial charge in [-0.3, -0.25) is 0 Å². The number of hydrogen-bond donors (Lipinski definition) is 2. The van der Waals surface area contributed by atoms with Crippen molar-refractivity contribution in [3.05, 3.63) is 34.7 Å². The van der Waals surface area contributed by atoms with Gasteiger partial charge in [-0.15, -0.1) is 5.10 Å². The molecule has 0 unspecified atom stereocenters. The number of hydrogen-bond acceptors (Lipinski definition) is 5. The highest BCUT2D eigenvalue weighted by atomic mass is 35.5. The van der Waals surface area contributed by atoms with Crippen LogP contribution in [-0.2, 0) is 6.54 Å². The minimum Gasteiger partial charge on any atom is -0.406 e. The molecule has 2 rings (SSSR count). The number of halogens is 1. The molecule has 18 heavy (non-hydrogen) atoms. The van der Waals surface area contributed by atoms with E-state index in [0.29, 0.717) is 23.5 Å². The van der Waals surface area contributed by atoms with E-state index in [9.17, 15) is 0 Å². The molecule has 2 N–H and O–H groups in total. The van der Waals surface area contributed by atoms with Crippen LogP contribution in [-0.4, -0.2) is 16.7 Å². The molecule has 0 aliphatic carbocycles. The smallest absolute Gasteiger partial charge is 0.320 e. The molecule has 0 amide bonds. The molecule has 6 heteroatoms. The summed E-state index contributed by atoms with van der Waals surface area (Å²) in [6, 6.07) is 5.95. The molecule has 0 saturated carbocycles. The highest BCUT2D eigenvalue weighted by Gasteiger charge is 2.07. The van der Waals surface area contributed by atoms with Gasteiger partial charge in [0.05, 0.1) is 6.54 Å². The molecule has 0 saturated heterocycles. The summed E-state index contributed by atoms with van der Waals surface area (Å²) in [5.74, 6) is 0.561. The van der Waals surface area contributed by atoms with Gasteiger partial charge in [0.15, 0.2) is 0 Å². The van der Waals surface area contributed by atoms with Crippen molar-refractivity contribution in [2.24, 2.45) is 0 Å². The standard InChI is InChI=1S/C12H15ClN4O/c1-3-14-7-11-16-17-12(18-11)15-10-5-4-9(13)6-8(10)2/h4-6,14H,3,7H2,1-2H3,(H,15,17). The Morgan fingerprint density at radius 1 is 1.33 bits per heavy atom. The molecule has 1 aromatic carbocycles. The van der Waals surface area contributed by atoms with E-state index < -0.39 is 0 Å². The van der Waals surface area contributed by atoms with Crippen LogP contribution in [0.4, 0.5) is 11.7 Å². The first kappa shape index (κ1) is 12.9. The first-order chi connectivity index (χ1) is 8.69. The quantitative estimate of drug-likeness (QED) is 0.871. The summed E-state index contributed by atoms with van der Waals surface area (Å²) in [6.45, 7) is 5.42. The van der Waals surface area contributed by atoms with E-state index in [1.807, 2.05) is 32.0 Å². The summed E-state index contributed by atoms with van der Waals surface area (Å²) in [4.78, 5) is 0. The Bertz CT molecular complexity index is 527. The van der Waals surface area contributed by atoms with E-state index in [-0.39, 0.29) is 0 Å². The highest BCUT2D eigenvalue weighted by Crippen LogP contribution is 2.22. The van der Waals surface area contributed by atoms with E-state index in [1.165, 1.54) is 0 Å². The van der Waals surface area contributed by atoms with Crippen molar-refractivity contribution in [3.8, 4) is 0 Å². The predicted octanol–water partition coefficient (Wildman–Crippen LogP) is 2.88. The lowest BCUT2D eigenvalue weighted by Crippen LogP contribution is -2.11. The van der Waals surface area contributed by atoms with Crippen LogP contribution in [0.1, 0.15) is 18.4 Å². The summed E-state index contributed by atoms with van der Waals surface area (Å²) < 4.78 is 5.45. The maximum absolute atomic E-state index is 5.89. The molecule has 2 aromatic rings. The van der Waals surface area contributed by atoms with Crippen LogP contribution in [0.2, 0.25) is 5.02 Å². The molecular weight excluding hydrogens is 252 g/mol. The minimum absolute atomic E-state index is 0.383. The topological polar surface area (TPSA) is 63.0 Å². The lowest BCUT2D eigenvalue weighted by Gasteiger charge is -2.05. The molecule has 0 radical (unpaired) electrons. The Kier molecular flexibility index (Phi) is 4.17. The fourth-order valence-electron chi connectivity index (χ4n) is 1.49. The predicted molar refractivity (Wildman–Crippen MR) is 71.2 cm³/mol. The normalized spacial score (nSPS) is 10.6. The van der Waals surface area contributed by atoms with E-state index in [4.69, 9.17) is 16.0 Å². The molecule has 0 fully saturated rings. The molecule has 0 aliphatic heterocycles. The number of benzene rings is 1. The van der Waals surface area contributed by atoms with E-state index in [2.05, 4.69) is 20.8 Å². The van der Waals surface area contributed by atoms with Crippen molar-refractivity contribution in [3.63, 3.8) is 0 Å². The average molecular weight is 267 g/mol. The van der Waals surface area contributed by atoms with Crippen LogP contribution in [0.3, 0.4) is 0 Å². The average Bonchev–Trinajstić information content (AvgIpc) is 2.78. The lowest BCUT2D eigenvalue weighted by molar-refractivity contribution is 0.484. The lowest BCUT2D eigenvalue weighted by atomic mass is 10.2. The fourth-order valence-corrected chi connectivity index (χ4v) is 1.72. The minimum atomic E-state index is 0.383. The zero-order valence-electron chi connectivity index (χ0n) is 10.3. The number of anilines is 2. The van der Waals surface area contributed by atoms with E-state index in [0.717, 1.165) is 17.8 Å². The SMILES string of the molecule is CCNCc1nnc(Nc2ccc(Cl)cc2C)o1. The van der Waals surface area contributed by atoms with E-state index in [1.54, 1.807) is 0 Å². The first-order valence-electron chi connectivity index (χ1n) is 5.75. The van der Waals surface area contributed by atoms with Crippen molar-refractivity contribution in [1.29, 1.82) is 0 Å². The Morgan fingerprint density at radius 2 is 2.17 bits per heavy atom. The Hall–Kier alpha value is -1.59.